The van der Waals surface area contributed by atoms with Gasteiger partial charge in [0.2, 0.25) is 0 Å². The quantitative estimate of drug-likeness (QED) is 0.546. The standard InChI is InChI=1S/C8H17FP/c1-4-5-10(3)7-8(2)6-9/h8H,3-7H2,1-2H3/q+1. The summed E-state index contributed by atoms with van der Waals surface area (Å²) in [6.45, 7) is 3.93. The van der Waals surface area contributed by atoms with Crippen molar-refractivity contribution < 1.29 is 4.39 Å². The van der Waals surface area contributed by atoms with Crippen molar-refractivity contribution in [2.75, 3.05) is 19.0 Å². The summed E-state index contributed by atoms with van der Waals surface area (Å²) in [6.07, 6.45) is 7.40. The first kappa shape index (κ1) is 10.1. The molecule has 2 unspecified atom stereocenters. The van der Waals surface area contributed by atoms with Crippen molar-refractivity contribution >= 4 is 13.8 Å². The molecule has 0 bridgehead atoms. The van der Waals surface area contributed by atoms with Crippen LogP contribution < -0.4 is 0 Å². The Kier molecular flexibility index (Phi) is 5.91. The summed E-state index contributed by atoms with van der Waals surface area (Å²) in [5, 5.41) is 0. The highest BCUT2D eigenvalue weighted by molar-refractivity contribution is 7.55. The van der Waals surface area contributed by atoms with E-state index in [1.54, 1.807) is 0 Å². The van der Waals surface area contributed by atoms with Crippen LogP contribution in [0.5, 0.6) is 0 Å². The first-order chi connectivity index (χ1) is 4.70. The summed E-state index contributed by atoms with van der Waals surface area (Å²) in [7, 11) is -0.116. The number of hydrogen-bond donors (Lipinski definition) is 0. The Morgan fingerprint density at radius 3 is 2.60 bits per heavy atom. The van der Waals surface area contributed by atoms with Gasteiger partial charge in [0.05, 0.1) is 20.5 Å². The van der Waals surface area contributed by atoms with Gasteiger partial charge >= 0.3 is 0 Å². The van der Waals surface area contributed by atoms with Crippen molar-refractivity contribution in [3.63, 3.8) is 0 Å². The van der Waals surface area contributed by atoms with E-state index in [-0.39, 0.29) is 20.1 Å². The van der Waals surface area contributed by atoms with Gasteiger partial charge in [0.1, 0.15) is 12.3 Å². The van der Waals surface area contributed by atoms with E-state index in [4.69, 9.17) is 0 Å². The molecule has 0 nitrogen and oxygen atoms in total. The third-order valence-corrected chi connectivity index (χ3v) is 3.59. The van der Waals surface area contributed by atoms with Crippen molar-refractivity contribution in [3.05, 3.63) is 0 Å². The SMILES string of the molecule is C=[P+](CCC)CC(C)CF. The second kappa shape index (κ2) is 5.85. The molecule has 2 atom stereocenters. The third-order valence-electron chi connectivity index (χ3n) is 1.37. The lowest BCUT2D eigenvalue weighted by Crippen LogP contribution is -2.00. The third kappa shape index (κ3) is 4.93. The van der Waals surface area contributed by atoms with Gasteiger partial charge in [0.15, 0.2) is 0 Å². The van der Waals surface area contributed by atoms with Crippen LogP contribution in [0.4, 0.5) is 4.39 Å². The van der Waals surface area contributed by atoms with Gasteiger partial charge in [-0.3, -0.25) is 4.39 Å². The zero-order chi connectivity index (χ0) is 7.98. The summed E-state index contributed by atoms with van der Waals surface area (Å²) in [5.74, 6) is 0.232. The van der Waals surface area contributed by atoms with Gasteiger partial charge in [-0.1, -0.05) is 13.8 Å². The lowest BCUT2D eigenvalue weighted by molar-refractivity contribution is 0.408. The average molecular weight is 163 g/mol. The first-order valence-corrected chi connectivity index (χ1v) is 5.71. The normalized spacial score (nSPS) is 14.9. The maximum Gasteiger partial charge on any atom is 0.111 e. The smallest absolute Gasteiger partial charge is 0.111 e. The first-order valence-electron chi connectivity index (χ1n) is 3.82. The minimum atomic E-state index is -0.182. The molecule has 60 valence electrons. The molecule has 0 aliphatic heterocycles. The van der Waals surface area contributed by atoms with Gasteiger partial charge in [-0.25, -0.2) is 0 Å². The minimum absolute atomic E-state index is 0.116. The van der Waals surface area contributed by atoms with Crippen LogP contribution in [0.1, 0.15) is 20.3 Å². The zero-order valence-corrected chi connectivity index (χ0v) is 7.83. The fourth-order valence-electron chi connectivity index (χ4n) is 0.897. The summed E-state index contributed by atoms with van der Waals surface area (Å²) < 4.78 is 12.0. The molecule has 0 aliphatic rings. The number of hydrogen-bond acceptors (Lipinski definition) is 0. The molecule has 0 spiro atoms. The van der Waals surface area contributed by atoms with Crippen molar-refractivity contribution in [2.45, 2.75) is 20.3 Å². The van der Waals surface area contributed by atoms with Crippen LogP contribution >= 0.6 is 7.55 Å². The van der Waals surface area contributed by atoms with Crippen molar-refractivity contribution in [3.8, 4) is 0 Å². The van der Waals surface area contributed by atoms with Crippen molar-refractivity contribution in [2.24, 2.45) is 5.92 Å². The number of alkyl halides is 1. The Labute approximate surface area is 64.2 Å². The Hall–Kier alpha value is 0.100. The molecule has 0 heterocycles. The zero-order valence-electron chi connectivity index (χ0n) is 6.94. The second-order valence-electron chi connectivity index (χ2n) is 2.84. The molecule has 0 N–H and O–H groups in total. The monoisotopic (exact) mass is 163 g/mol. The van der Waals surface area contributed by atoms with Gasteiger partial charge in [0.25, 0.3) is 0 Å². The summed E-state index contributed by atoms with van der Waals surface area (Å²) >= 11 is 0. The van der Waals surface area contributed by atoms with E-state index >= 15 is 0 Å². The van der Waals surface area contributed by atoms with E-state index in [0.29, 0.717) is 0 Å². The topological polar surface area (TPSA) is 0 Å². The Bertz CT molecular complexity index is 101. The largest absolute Gasteiger partial charge is 0.251 e. The van der Waals surface area contributed by atoms with E-state index in [1.807, 2.05) is 6.92 Å². The molecule has 0 radical (unpaired) electrons. The molecule has 0 amide bonds. The second-order valence-corrected chi connectivity index (χ2v) is 4.99. The van der Waals surface area contributed by atoms with E-state index in [0.717, 1.165) is 6.16 Å². The van der Waals surface area contributed by atoms with Crippen molar-refractivity contribution in [1.82, 2.24) is 0 Å². The van der Waals surface area contributed by atoms with E-state index in [9.17, 15) is 4.39 Å². The molecule has 0 fully saturated rings. The van der Waals surface area contributed by atoms with Crippen molar-refractivity contribution in [1.29, 1.82) is 0 Å². The lowest BCUT2D eigenvalue weighted by atomic mass is 10.3. The number of halogens is 1. The van der Waals surface area contributed by atoms with Gasteiger partial charge in [-0.2, -0.15) is 0 Å². The molecule has 0 aromatic heterocycles. The average Bonchev–Trinajstić information content (AvgIpc) is 1.88. The maximum absolute atomic E-state index is 12.0. The highest BCUT2D eigenvalue weighted by Crippen LogP contribution is 2.24. The molecule has 0 saturated carbocycles. The van der Waals surface area contributed by atoms with Crippen LogP contribution in [0.25, 0.3) is 0 Å². The Morgan fingerprint density at radius 2 is 2.20 bits per heavy atom. The predicted molar refractivity (Wildman–Crippen MR) is 49.2 cm³/mol. The van der Waals surface area contributed by atoms with Gasteiger partial charge in [-0.05, 0) is 6.42 Å². The maximum atomic E-state index is 12.0. The highest BCUT2D eigenvalue weighted by Gasteiger charge is 2.10. The summed E-state index contributed by atoms with van der Waals surface area (Å²) in [4.78, 5) is 0. The van der Waals surface area contributed by atoms with E-state index in [1.165, 1.54) is 12.6 Å². The Morgan fingerprint density at radius 1 is 1.60 bits per heavy atom. The molecule has 10 heavy (non-hydrogen) atoms. The molecule has 0 aromatic rings. The van der Waals surface area contributed by atoms with Crippen LogP contribution in [0.3, 0.4) is 0 Å². The van der Waals surface area contributed by atoms with E-state index in [2.05, 4.69) is 13.2 Å². The molecule has 0 aromatic carbocycles. The Balaban J connectivity index is 3.37. The van der Waals surface area contributed by atoms with Gasteiger partial charge in [-0.15, -0.1) is 0 Å². The molecule has 2 heteroatoms. The van der Waals surface area contributed by atoms with Crippen LogP contribution in [-0.4, -0.2) is 25.3 Å². The highest BCUT2D eigenvalue weighted by atomic mass is 31.1. The summed E-state index contributed by atoms with van der Waals surface area (Å²) in [6, 6.07) is 0. The molecule has 0 aliphatic carbocycles. The molecular weight excluding hydrogens is 146 g/mol. The van der Waals surface area contributed by atoms with Crippen LogP contribution in [0.2, 0.25) is 0 Å². The summed E-state index contributed by atoms with van der Waals surface area (Å²) in [5.41, 5.74) is 0. The molecule has 0 saturated heterocycles. The van der Waals surface area contributed by atoms with E-state index < -0.39 is 0 Å². The minimum Gasteiger partial charge on any atom is -0.251 e. The van der Waals surface area contributed by atoms with Crippen LogP contribution in [0.15, 0.2) is 0 Å². The fraction of sp³-hybridized carbons (Fsp3) is 0.875. The van der Waals surface area contributed by atoms with Gasteiger partial charge in [0, 0.05) is 5.92 Å². The lowest BCUT2D eigenvalue weighted by Gasteiger charge is -1.99. The molecule has 0 rings (SSSR count). The van der Waals surface area contributed by atoms with Crippen LogP contribution in [0, 0.1) is 5.92 Å². The van der Waals surface area contributed by atoms with Gasteiger partial charge < -0.3 is 0 Å². The number of rotatable bonds is 5. The fourth-order valence-corrected chi connectivity index (χ4v) is 2.69. The molecular formula is C8H17FP+. The predicted octanol–water partition coefficient (Wildman–Crippen LogP) is 2.92. The van der Waals surface area contributed by atoms with Crippen LogP contribution in [-0.2, 0) is 0 Å².